The number of carbonyl (C=O) groups excluding carboxylic acids is 1. The fourth-order valence-corrected chi connectivity index (χ4v) is 1.85. The first kappa shape index (κ1) is 13.9. The van der Waals surface area contributed by atoms with E-state index in [9.17, 15) is 4.79 Å². The van der Waals surface area contributed by atoms with E-state index in [-0.39, 0.29) is 5.78 Å². The van der Waals surface area contributed by atoms with Gasteiger partial charge in [-0.2, -0.15) is 0 Å². The van der Waals surface area contributed by atoms with Gasteiger partial charge < -0.3 is 4.90 Å². The highest BCUT2D eigenvalue weighted by atomic mass is 16.1. The van der Waals surface area contributed by atoms with Gasteiger partial charge in [-0.3, -0.25) is 4.79 Å². The van der Waals surface area contributed by atoms with Gasteiger partial charge in [0, 0.05) is 18.5 Å². The van der Waals surface area contributed by atoms with Crippen molar-refractivity contribution in [2.75, 3.05) is 20.1 Å². The summed E-state index contributed by atoms with van der Waals surface area (Å²) in [5, 5.41) is 0. The number of unbranched alkanes of at least 4 members (excludes halogenated alkanes) is 1. The minimum absolute atomic E-state index is 0.256. The van der Waals surface area contributed by atoms with Crippen LogP contribution in [0.1, 0.15) is 42.1 Å². The van der Waals surface area contributed by atoms with Crippen molar-refractivity contribution in [1.29, 1.82) is 0 Å². The molecule has 0 aromatic heterocycles. The molecule has 2 nitrogen and oxygen atoms in total. The van der Waals surface area contributed by atoms with Gasteiger partial charge >= 0.3 is 0 Å². The highest BCUT2D eigenvalue weighted by molar-refractivity contribution is 5.97. The molecular weight excluding hydrogens is 210 g/mol. The van der Waals surface area contributed by atoms with Crippen molar-refractivity contribution in [3.8, 4) is 0 Å². The van der Waals surface area contributed by atoms with Crippen LogP contribution >= 0.6 is 0 Å². The molecule has 0 aliphatic rings. The van der Waals surface area contributed by atoms with Gasteiger partial charge in [-0.1, -0.05) is 37.6 Å². The van der Waals surface area contributed by atoms with Gasteiger partial charge in [-0.05, 0) is 32.5 Å². The molecule has 2 heteroatoms. The maximum atomic E-state index is 12.0. The molecule has 1 aromatic rings. The first-order valence-corrected chi connectivity index (χ1v) is 6.42. The summed E-state index contributed by atoms with van der Waals surface area (Å²) in [6.45, 7) is 6.12. The molecule has 0 unspecified atom stereocenters. The molecule has 0 saturated heterocycles. The lowest BCUT2D eigenvalue weighted by molar-refractivity contribution is 0.0968. The molecule has 0 N–H and O–H groups in total. The Labute approximate surface area is 105 Å². The number of rotatable bonds is 7. The summed E-state index contributed by atoms with van der Waals surface area (Å²) >= 11 is 0. The second-order valence-corrected chi connectivity index (χ2v) is 4.64. The number of carbonyl (C=O) groups is 1. The minimum Gasteiger partial charge on any atom is -0.306 e. The number of aryl methyl sites for hydroxylation is 1. The Balaban J connectivity index is 2.42. The Morgan fingerprint density at radius 2 is 1.94 bits per heavy atom. The summed E-state index contributed by atoms with van der Waals surface area (Å²) in [6, 6.07) is 7.82. The molecule has 0 bridgehead atoms. The molecule has 17 heavy (non-hydrogen) atoms. The van der Waals surface area contributed by atoms with E-state index in [1.54, 1.807) is 0 Å². The molecule has 0 radical (unpaired) electrons. The Morgan fingerprint density at radius 3 is 2.59 bits per heavy atom. The molecule has 0 amide bonds. The van der Waals surface area contributed by atoms with E-state index < -0.39 is 0 Å². The van der Waals surface area contributed by atoms with E-state index in [0.29, 0.717) is 6.42 Å². The summed E-state index contributed by atoms with van der Waals surface area (Å²) in [4.78, 5) is 14.3. The van der Waals surface area contributed by atoms with Crippen LogP contribution in [0.25, 0.3) is 0 Å². The second kappa shape index (κ2) is 7.23. The quantitative estimate of drug-likeness (QED) is 0.673. The van der Waals surface area contributed by atoms with E-state index >= 15 is 0 Å². The smallest absolute Gasteiger partial charge is 0.164 e. The van der Waals surface area contributed by atoms with E-state index in [1.165, 1.54) is 12.8 Å². The van der Waals surface area contributed by atoms with Crippen LogP contribution in [-0.4, -0.2) is 30.8 Å². The summed E-state index contributed by atoms with van der Waals surface area (Å²) in [7, 11) is 2.08. The van der Waals surface area contributed by atoms with Crippen LogP contribution < -0.4 is 0 Å². The standard InChI is InChI=1S/C15H23NO/c1-4-5-11-16(3)12-10-15(17)14-9-7-6-8-13(14)2/h6-9H,4-5,10-12H2,1-3H3. The highest BCUT2D eigenvalue weighted by Gasteiger charge is 2.09. The summed E-state index contributed by atoms with van der Waals surface area (Å²) < 4.78 is 0. The van der Waals surface area contributed by atoms with Gasteiger partial charge in [0.2, 0.25) is 0 Å². The van der Waals surface area contributed by atoms with Crippen LogP contribution in [0, 0.1) is 6.92 Å². The maximum Gasteiger partial charge on any atom is 0.164 e. The zero-order valence-electron chi connectivity index (χ0n) is 11.2. The number of benzene rings is 1. The highest BCUT2D eigenvalue weighted by Crippen LogP contribution is 2.10. The second-order valence-electron chi connectivity index (χ2n) is 4.64. The van der Waals surface area contributed by atoms with Gasteiger partial charge in [0.05, 0.1) is 0 Å². The van der Waals surface area contributed by atoms with Gasteiger partial charge in [0.25, 0.3) is 0 Å². The zero-order valence-corrected chi connectivity index (χ0v) is 11.2. The van der Waals surface area contributed by atoms with Crippen molar-refractivity contribution in [2.45, 2.75) is 33.1 Å². The van der Waals surface area contributed by atoms with E-state index in [1.807, 2.05) is 31.2 Å². The van der Waals surface area contributed by atoms with Crippen molar-refractivity contribution in [3.63, 3.8) is 0 Å². The molecule has 94 valence electrons. The van der Waals surface area contributed by atoms with Gasteiger partial charge in [-0.25, -0.2) is 0 Å². The molecule has 0 aliphatic carbocycles. The fourth-order valence-electron chi connectivity index (χ4n) is 1.85. The Bertz CT molecular complexity index is 360. The largest absolute Gasteiger partial charge is 0.306 e. The lowest BCUT2D eigenvalue weighted by atomic mass is 10.0. The van der Waals surface area contributed by atoms with E-state index in [2.05, 4.69) is 18.9 Å². The Kier molecular flexibility index (Phi) is 5.92. The molecule has 1 aromatic carbocycles. The Morgan fingerprint density at radius 1 is 1.24 bits per heavy atom. The molecule has 1 rings (SSSR count). The zero-order chi connectivity index (χ0) is 12.7. The molecule has 0 saturated carbocycles. The normalized spacial score (nSPS) is 10.8. The molecular formula is C15H23NO. The van der Waals surface area contributed by atoms with Crippen molar-refractivity contribution in [1.82, 2.24) is 4.90 Å². The minimum atomic E-state index is 0.256. The summed E-state index contributed by atoms with van der Waals surface area (Å²) in [6.07, 6.45) is 3.02. The van der Waals surface area contributed by atoms with Crippen LogP contribution in [0.3, 0.4) is 0 Å². The topological polar surface area (TPSA) is 20.3 Å². The summed E-state index contributed by atoms with van der Waals surface area (Å²) in [5.41, 5.74) is 1.95. The van der Waals surface area contributed by atoms with Gasteiger partial charge in [0.15, 0.2) is 5.78 Å². The predicted molar refractivity (Wildman–Crippen MR) is 72.5 cm³/mol. The van der Waals surface area contributed by atoms with Gasteiger partial charge in [0.1, 0.15) is 0 Å². The lowest BCUT2D eigenvalue weighted by Gasteiger charge is -2.15. The first-order chi connectivity index (χ1) is 8.15. The monoisotopic (exact) mass is 233 g/mol. The third-order valence-corrected chi connectivity index (χ3v) is 3.06. The van der Waals surface area contributed by atoms with Crippen molar-refractivity contribution in [3.05, 3.63) is 35.4 Å². The van der Waals surface area contributed by atoms with Crippen LogP contribution in [-0.2, 0) is 0 Å². The van der Waals surface area contributed by atoms with E-state index in [4.69, 9.17) is 0 Å². The van der Waals surface area contributed by atoms with Crippen LogP contribution in [0.15, 0.2) is 24.3 Å². The first-order valence-electron chi connectivity index (χ1n) is 6.42. The third-order valence-electron chi connectivity index (χ3n) is 3.06. The van der Waals surface area contributed by atoms with Crippen LogP contribution in [0.2, 0.25) is 0 Å². The van der Waals surface area contributed by atoms with Gasteiger partial charge in [-0.15, -0.1) is 0 Å². The lowest BCUT2D eigenvalue weighted by Crippen LogP contribution is -2.23. The fraction of sp³-hybridized carbons (Fsp3) is 0.533. The van der Waals surface area contributed by atoms with Crippen molar-refractivity contribution >= 4 is 5.78 Å². The third kappa shape index (κ3) is 4.70. The SMILES string of the molecule is CCCCN(C)CCC(=O)c1ccccc1C. The molecule has 0 fully saturated rings. The number of ketones is 1. The van der Waals surface area contributed by atoms with Crippen molar-refractivity contribution < 1.29 is 4.79 Å². The maximum absolute atomic E-state index is 12.0. The van der Waals surface area contributed by atoms with Crippen LogP contribution in [0.4, 0.5) is 0 Å². The number of nitrogens with zero attached hydrogens (tertiary/aromatic N) is 1. The average Bonchev–Trinajstić information content (AvgIpc) is 2.34. The molecule has 0 atom stereocenters. The van der Waals surface area contributed by atoms with Crippen LogP contribution in [0.5, 0.6) is 0 Å². The predicted octanol–water partition coefficient (Wildman–Crippen LogP) is 3.30. The number of hydrogen-bond acceptors (Lipinski definition) is 2. The molecule has 0 heterocycles. The average molecular weight is 233 g/mol. The van der Waals surface area contributed by atoms with E-state index in [0.717, 1.165) is 24.2 Å². The number of hydrogen-bond donors (Lipinski definition) is 0. The number of Topliss-reactive ketones (excluding diaryl/α,β-unsaturated/α-hetero) is 1. The molecule has 0 aliphatic heterocycles. The summed E-state index contributed by atoms with van der Waals surface area (Å²) in [5.74, 6) is 0.256. The Hall–Kier alpha value is -1.15. The molecule has 0 spiro atoms. The van der Waals surface area contributed by atoms with Crippen molar-refractivity contribution in [2.24, 2.45) is 0 Å².